The average Bonchev–Trinajstić information content (AvgIpc) is 3.21. The SMILES string of the molecule is COc1ccc2c(c1)OC[C@H](C(=O)N1CCC[C@H](n3cccn3)C1)C2. The van der Waals surface area contributed by atoms with E-state index in [0.29, 0.717) is 6.61 Å². The number of aromatic nitrogens is 2. The molecule has 6 nitrogen and oxygen atoms in total. The maximum Gasteiger partial charge on any atom is 0.229 e. The first-order chi connectivity index (χ1) is 12.2. The Kier molecular flexibility index (Phi) is 4.34. The third kappa shape index (κ3) is 3.21. The van der Waals surface area contributed by atoms with E-state index in [0.717, 1.165) is 49.4 Å². The molecule has 1 saturated heterocycles. The summed E-state index contributed by atoms with van der Waals surface area (Å²) in [7, 11) is 1.64. The molecule has 4 rings (SSSR count). The van der Waals surface area contributed by atoms with Crippen LogP contribution < -0.4 is 9.47 Å². The number of nitrogens with zero attached hydrogens (tertiary/aromatic N) is 3. The number of likely N-dealkylation sites (tertiary alicyclic amines) is 1. The van der Waals surface area contributed by atoms with Crippen LogP contribution in [0.1, 0.15) is 24.4 Å². The molecule has 132 valence electrons. The monoisotopic (exact) mass is 341 g/mol. The summed E-state index contributed by atoms with van der Waals surface area (Å²) >= 11 is 0. The number of hydrogen-bond acceptors (Lipinski definition) is 4. The van der Waals surface area contributed by atoms with Crippen molar-refractivity contribution < 1.29 is 14.3 Å². The first-order valence-electron chi connectivity index (χ1n) is 8.82. The highest BCUT2D eigenvalue weighted by Gasteiger charge is 2.32. The van der Waals surface area contributed by atoms with Crippen LogP contribution in [0.3, 0.4) is 0 Å². The predicted octanol–water partition coefficient (Wildman–Crippen LogP) is 2.31. The molecule has 0 unspecified atom stereocenters. The summed E-state index contributed by atoms with van der Waals surface area (Å²) in [6.07, 6.45) is 6.57. The number of carbonyl (C=O) groups is 1. The van der Waals surface area contributed by atoms with Crippen molar-refractivity contribution in [2.24, 2.45) is 5.92 Å². The summed E-state index contributed by atoms with van der Waals surface area (Å²) in [6.45, 7) is 1.98. The lowest BCUT2D eigenvalue weighted by Crippen LogP contribution is -2.46. The summed E-state index contributed by atoms with van der Waals surface area (Å²) in [5, 5.41) is 4.33. The summed E-state index contributed by atoms with van der Waals surface area (Å²) in [5.74, 6) is 1.69. The molecular formula is C19H23N3O3. The van der Waals surface area contributed by atoms with Crippen molar-refractivity contribution in [3.05, 3.63) is 42.2 Å². The van der Waals surface area contributed by atoms with Gasteiger partial charge in [-0.15, -0.1) is 0 Å². The van der Waals surface area contributed by atoms with Gasteiger partial charge in [0.15, 0.2) is 0 Å². The van der Waals surface area contributed by atoms with Gasteiger partial charge in [-0.3, -0.25) is 9.48 Å². The summed E-state index contributed by atoms with van der Waals surface area (Å²) in [5.41, 5.74) is 1.08. The average molecular weight is 341 g/mol. The van der Waals surface area contributed by atoms with E-state index in [1.807, 2.05) is 40.0 Å². The first-order valence-corrected chi connectivity index (χ1v) is 8.82. The minimum atomic E-state index is -0.114. The second kappa shape index (κ2) is 6.78. The zero-order chi connectivity index (χ0) is 17.2. The molecular weight excluding hydrogens is 318 g/mol. The normalized spacial score (nSPS) is 22.8. The maximum atomic E-state index is 13.0. The van der Waals surface area contributed by atoms with E-state index in [1.54, 1.807) is 13.3 Å². The molecule has 0 bridgehead atoms. The van der Waals surface area contributed by atoms with Crippen LogP contribution in [0.4, 0.5) is 0 Å². The van der Waals surface area contributed by atoms with Gasteiger partial charge in [0.2, 0.25) is 5.91 Å². The molecule has 2 aliphatic heterocycles. The van der Waals surface area contributed by atoms with Crippen molar-refractivity contribution in [1.29, 1.82) is 0 Å². The molecule has 1 fully saturated rings. The Labute approximate surface area is 147 Å². The summed E-state index contributed by atoms with van der Waals surface area (Å²) in [4.78, 5) is 15.0. The van der Waals surface area contributed by atoms with Gasteiger partial charge in [0, 0.05) is 31.5 Å². The molecule has 2 aliphatic rings. The Hall–Kier alpha value is -2.50. The lowest BCUT2D eigenvalue weighted by molar-refractivity contribution is -0.138. The van der Waals surface area contributed by atoms with Gasteiger partial charge in [-0.2, -0.15) is 5.10 Å². The van der Waals surface area contributed by atoms with Gasteiger partial charge >= 0.3 is 0 Å². The Morgan fingerprint density at radius 2 is 2.32 bits per heavy atom. The molecule has 3 heterocycles. The zero-order valence-corrected chi connectivity index (χ0v) is 14.4. The van der Waals surface area contributed by atoms with E-state index in [1.165, 1.54) is 0 Å². The molecule has 0 saturated carbocycles. The molecule has 1 amide bonds. The van der Waals surface area contributed by atoms with Crippen molar-refractivity contribution >= 4 is 5.91 Å². The van der Waals surface area contributed by atoms with Crippen LogP contribution in [-0.4, -0.2) is 47.4 Å². The fraction of sp³-hybridized carbons (Fsp3) is 0.474. The second-order valence-electron chi connectivity index (χ2n) is 6.75. The number of methoxy groups -OCH3 is 1. The van der Waals surface area contributed by atoms with Gasteiger partial charge in [0.05, 0.1) is 19.1 Å². The highest BCUT2D eigenvalue weighted by Crippen LogP contribution is 2.32. The molecule has 0 spiro atoms. The van der Waals surface area contributed by atoms with Crippen molar-refractivity contribution in [3.63, 3.8) is 0 Å². The number of fused-ring (bicyclic) bond motifs is 1. The number of amides is 1. The van der Waals surface area contributed by atoms with Crippen LogP contribution >= 0.6 is 0 Å². The standard InChI is InChI=1S/C19H23N3O3/c1-24-17-6-5-14-10-15(13-25-18(14)11-17)19(23)21-8-2-4-16(12-21)22-9-3-7-20-22/h3,5-7,9,11,15-16H,2,4,8,10,12-13H2,1H3/t15-,16+/m1/s1. The number of ether oxygens (including phenoxy) is 2. The molecule has 25 heavy (non-hydrogen) atoms. The Morgan fingerprint density at radius 3 is 3.12 bits per heavy atom. The number of rotatable bonds is 3. The van der Waals surface area contributed by atoms with Crippen LogP contribution in [-0.2, 0) is 11.2 Å². The quantitative estimate of drug-likeness (QED) is 0.860. The predicted molar refractivity (Wildman–Crippen MR) is 92.8 cm³/mol. The summed E-state index contributed by atoms with van der Waals surface area (Å²) < 4.78 is 13.0. The Bertz CT molecular complexity index is 744. The van der Waals surface area contributed by atoms with E-state index in [4.69, 9.17) is 9.47 Å². The van der Waals surface area contributed by atoms with Gasteiger partial charge < -0.3 is 14.4 Å². The van der Waals surface area contributed by atoms with Gasteiger partial charge in [0.1, 0.15) is 18.1 Å². The third-order valence-electron chi connectivity index (χ3n) is 5.14. The second-order valence-corrected chi connectivity index (χ2v) is 6.75. The maximum absolute atomic E-state index is 13.0. The molecule has 1 aromatic heterocycles. The van der Waals surface area contributed by atoms with E-state index in [9.17, 15) is 4.79 Å². The lowest BCUT2D eigenvalue weighted by atomic mass is 9.94. The minimum Gasteiger partial charge on any atom is -0.497 e. The lowest BCUT2D eigenvalue weighted by Gasteiger charge is -2.36. The van der Waals surface area contributed by atoms with Gasteiger partial charge in [-0.25, -0.2) is 0 Å². The molecule has 6 heteroatoms. The third-order valence-corrected chi connectivity index (χ3v) is 5.14. The first kappa shape index (κ1) is 16.0. The number of piperidine rings is 1. The Morgan fingerprint density at radius 1 is 1.40 bits per heavy atom. The van der Waals surface area contributed by atoms with Crippen molar-refractivity contribution in [1.82, 2.24) is 14.7 Å². The Balaban J connectivity index is 1.44. The highest BCUT2D eigenvalue weighted by atomic mass is 16.5. The van der Waals surface area contributed by atoms with E-state index < -0.39 is 0 Å². The van der Waals surface area contributed by atoms with Crippen molar-refractivity contribution in [2.75, 3.05) is 26.8 Å². The molecule has 0 aliphatic carbocycles. The fourth-order valence-electron chi connectivity index (χ4n) is 3.76. The number of carbonyl (C=O) groups excluding carboxylic acids is 1. The van der Waals surface area contributed by atoms with Crippen molar-refractivity contribution in [2.45, 2.75) is 25.3 Å². The highest BCUT2D eigenvalue weighted by molar-refractivity contribution is 5.80. The molecule has 2 aromatic rings. The number of hydrogen-bond donors (Lipinski definition) is 0. The van der Waals surface area contributed by atoms with Crippen molar-refractivity contribution in [3.8, 4) is 11.5 Å². The largest absolute Gasteiger partial charge is 0.497 e. The van der Waals surface area contributed by atoms with Gasteiger partial charge in [-0.1, -0.05) is 6.07 Å². The van der Waals surface area contributed by atoms with Crippen LogP contribution in [0, 0.1) is 5.92 Å². The molecule has 2 atom stereocenters. The topological polar surface area (TPSA) is 56.6 Å². The van der Waals surface area contributed by atoms with E-state index in [2.05, 4.69) is 5.10 Å². The fourth-order valence-corrected chi connectivity index (χ4v) is 3.76. The molecule has 0 N–H and O–H groups in total. The van der Waals surface area contributed by atoms with Gasteiger partial charge in [0.25, 0.3) is 0 Å². The van der Waals surface area contributed by atoms with E-state index >= 15 is 0 Å². The molecule has 1 aromatic carbocycles. The van der Waals surface area contributed by atoms with Crippen LogP contribution in [0.5, 0.6) is 11.5 Å². The van der Waals surface area contributed by atoms with Crippen LogP contribution in [0.15, 0.2) is 36.7 Å². The van der Waals surface area contributed by atoms with E-state index in [-0.39, 0.29) is 17.9 Å². The minimum absolute atomic E-state index is 0.114. The van der Waals surface area contributed by atoms with Gasteiger partial charge in [-0.05, 0) is 37.0 Å². The van der Waals surface area contributed by atoms with Crippen LogP contribution in [0.25, 0.3) is 0 Å². The van der Waals surface area contributed by atoms with Crippen LogP contribution in [0.2, 0.25) is 0 Å². The smallest absolute Gasteiger partial charge is 0.229 e. The number of benzene rings is 1. The summed E-state index contributed by atoms with van der Waals surface area (Å²) in [6, 6.07) is 8.01. The zero-order valence-electron chi connectivity index (χ0n) is 14.4. The molecule has 0 radical (unpaired) electrons.